The summed E-state index contributed by atoms with van der Waals surface area (Å²) in [6.45, 7) is 5.52. The van der Waals surface area contributed by atoms with Crippen LogP contribution in [0, 0.1) is 6.92 Å². The average Bonchev–Trinajstić information content (AvgIpc) is 2.70. The highest BCUT2D eigenvalue weighted by atomic mass is 32.2. The lowest BCUT2D eigenvalue weighted by Gasteiger charge is -2.26. The Kier molecular flexibility index (Phi) is 6.33. The van der Waals surface area contributed by atoms with Crippen molar-refractivity contribution < 1.29 is 22.7 Å². The number of rotatable bonds is 6. The zero-order valence-electron chi connectivity index (χ0n) is 16.0. The number of morpholine rings is 1. The van der Waals surface area contributed by atoms with E-state index in [0.717, 1.165) is 0 Å². The molecule has 2 aromatic rings. The van der Waals surface area contributed by atoms with Crippen LogP contribution in [0.5, 0.6) is 5.75 Å². The lowest BCUT2D eigenvalue weighted by Crippen LogP contribution is -2.40. The van der Waals surface area contributed by atoms with Gasteiger partial charge in [-0.15, -0.1) is 0 Å². The second kappa shape index (κ2) is 8.72. The van der Waals surface area contributed by atoms with E-state index in [1.54, 1.807) is 43.3 Å². The minimum Gasteiger partial charge on any atom is -0.494 e. The van der Waals surface area contributed by atoms with Gasteiger partial charge in [0.25, 0.3) is 5.91 Å². The Labute approximate surface area is 165 Å². The van der Waals surface area contributed by atoms with E-state index in [4.69, 9.17) is 9.47 Å². The average molecular weight is 404 g/mol. The molecule has 1 aliphatic heterocycles. The maximum absolute atomic E-state index is 13.0. The molecule has 8 heteroatoms. The molecule has 28 heavy (non-hydrogen) atoms. The summed E-state index contributed by atoms with van der Waals surface area (Å²) in [4.78, 5) is 12.8. The van der Waals surface area contributed by atoms with Crippen molar-refractivity contribution in [1.82, 2.24) is 4.31 Å². The highest BCUT2D eigenvalue weighted by molar-refractivity contribution is 7.89. The third-order valence-corrected chi connectivity index (χ3v) is 6.48. The Bertz CT molecular complexity index is 953. The molecule has 1 N–H and O–H groups in total. The summed E-state index contributed by atoms with van der Waals surface area (Å²) >= 11 is 0. The van der Waals surface area contributed by atoms with Crippen molar-refractivity contribution in [3.63, 3.8) is 0 Å². The first-order valence-electron chi connectivity index (χ1n) is 9.14. The molecule has 0 unspecified atom stereocenters. The minimum atomic E-state index is -3.65. The number of nitrogens with zero attached hydrogens (tertiary/aromatic N) is 1. The summed E-state index contributed by atoms with van der Waals surface area (Å²) < 4.78 is 38.0. The van der Waals surface area contributed by atoms with Crippen molar-refractivity contribution >= 4 is 21.6 Å². The van der Waals surface area contributed by atoms with E-state index in [1.165, 1.54) is 10.4 Å². The number of hydrogen-bond acceptors (Lipinski definition) is 5. The van der Waals surface area contributed by atoms with Gasteiger partial charge in [-0.1, -0.05) is 12.1 Å². The quantitative estimate of drug-likeness (QED) is 0.800. The van der Waals surface area contributed by atoms with Gasteiger partial charge < -0.3 is 14.8 Å². The fourth-order valence-electron chi connectivity index (χ4n) is 2.98. The maximum atomic E-state index is 13.0. The Hall–Kier alpha value is -2.42. The summed E-state index contributed by atoms with van der Waals surface area (Å²) in [6, 6.07) is 11.7. The number of hydrogen-bond donors (Lipinski definition) is 1. The van der Waals surface area contributed by atoms with Gasteiger partial charge in [0.2, 0.25) is 10.0 Å². The van der Waals surface area contributed by atoms with Crippen molar-refractivity contribution in [1.29, 1.82) is 0 Å². The predicted molar refractivity (Wildman–Crippen MR) is 106 cm³/mol. The summed E-state index contributed by atoms with van der Waals surface area (Å²) in [5, 5.41) is 2.77. The Morgan fingerprint density at radius 1 is 1.18 bits per heavy atom. The molecule has 7 nitrogen and oxygen atoms in total. The molecule has 0 spiro atoms. The molecule has 0 saturated carbocycles. The lowest BCUT2D eigenvalue weighted by molar-refractivity contribution is 0.0730. The van der Waals surface area contributed by atoms with E-state index in [9.17, 15) is 13.2 Å². The fraction of sp³-hybridized carbons (Fsp3) is 0.350. The summed E-state index contributed by atoms with van der Waals surface area (Å²) in [7, 11) is -3.65. The van der Waals surface area contributed by atoms with Gasteiger partial charge in [0, 0.05) is 24.3 Å². The number of anilines is 1. The molecule has 150 valence electrons. The van der Waals surface area contributed by atoms with Gasteiger partial charge in [-0.3, -0.25) is 4.79 Å². The third-order valence-electron chi connectivity index (χ3n) is 4.44. The van der Waals surface area contributed by atoms with Gasteiger partial charge in [-0.2, -0.15) is 4.31 Å². The number of aryl methyl sites for hydroxylation is 1. The largest absolute Gasteiger partial charge is 0.494 e. The molecule has 0 atom stereocenters. The molecular formula is C20H24N2O5S. The van der Waals surface area contributed by atoms with Crippen LogP contribution < -0.4 is 10.1 Å². The Balaban J connectivity index is 1.83. The Morgan fingerprint density at radius 3 is 2.64 bits per heavy atom. The molecule has 0 aliphatic carbocycles. The lowest BCUT2D eigenvalue weighted by atomic mass is 10.2. The van der Waals surface area contributed by atoms with E-state index in [1.807, 2.05) is 6.92 Å². The van der Waals surface area contributed by atoms with Gasteiger partial charge >= 0.3 is 0 Å². The standard InChI is InChI=1S/C20H24N2O5S/c1-3-27-18-6-4-5-16(13-18)20(23)21-17-8-7-15(2)19(14-17)28(24,25)22-9-11-26-12-10-22/h4-8,13-14H,3,9-12H2,1-2H3,(H,21,23). The Morgan fingerprint density at radius 2 is 1.93 bits per heavy atom. The second-order valence-electron chi connectivity index (χ2n) is 6.41. The van der Waals surface area contributed by atoms with Crippen LogP contribution in [-0.4, -0.2) is 51.5 Å². The summed E-state index contributed by atoms with van der Waals surface area (Å²) in [5.41, 5.74) is 1.48. The summed E-state index contributed by atoms with van der Waals surface area (Å²) in [6.07, 6.45) is 0. The van der Waals surface area contributed by atoms with Crippen molar-refractivity contribution in [2.45, 2.75) is 18.7 Å². The number of carbonyl (C=O) groups excluding carboxylic acids is 1. The third kappa shape index (κ3) is 4.52. The summed E-state index contributed by atoms with van der Waals surface area (Å²) in [5.74, 6) is 0.273. The van der Waals surface area contributed by atoms with Crippen molar-refractivity contribution in [2.75, 3.05) is 38.2 Å². The van der Waals surface area contributed by atoms with Gasteiger partial charge in [0.15, 0.2) is 0 Å². The number of carbonyl (C=O) groups is 1. The molecule has 2 aromatic carbocycles. The number of sulfonamides is 1. The topological polar surface area (TPSA) is 84.9 Å². The van der Waals surface area contributed by atoms with Gasteiger partial charge in [0.05, 0.1) is 24.7 Å². The predicted octanol–water partition coefficient (Wildman–Crippen LogP) is 2.67. The van der Waals surface area contributed by atoms with Crippen molar-refractivity contribution in [3.05, 3.63) is 53.6 Å². The normalized spacial score (nSPS) is 15.2. The van der Waals surface area contributed by atoms with Crippen LogP contribution in [0.25, 0.3) is 0 Å². The van der Waals surface area contributed by atoms with Gasteiger partial charge in [-0.05, 0) is 49.7 Å². The molecule has 1 fully saturated rings. The van der Waals surface area contributed by atoms with E-state index < -0.39 is 10.0 Å². The van der Waals surface area contributed by atoms with Crippen LogP contribution in [0.3, 0.4) is 0 Å². The first-order valence-corrected chi connectivity index (χ1v) is 10.6. The van der Waals surface area contributed by atoms with Crippen LogP contribution in [0.2, 0.25) is 0 Å². The first kappa shape index (κ1) is 20.3. The molecule has 1 amide bonds. The number of nitrogens with one attached hydrogen (secondary N) is 1. The highest BCUT2D eigenvalue weighted by Crippen LogP contribution is 2.25. The van der Waals surface area contributed by atoms with Gasteiger partial charge in [-0.25, -0.2) is 8.42 Å². The van der Waals surface area contributed by atoms with Crippen molar-refractivity contribution in [2.24, 2.45) is 0 Å². The highest BCUT2D eigenvalue weighted by Gasteiger charge is 2.28. The molecule has 1 heterocycles. The second-order valence-corrected chi connectivity index (χ2v) is 8.32. The van der Waals surface area contributed by atoms with Gasteiger partial charge in [0.1, 0.15) is 5.75 Å². The van der Waals surface area contributed by atoms with E-state index in [2.05, 4.69) is 5.32 Å². The molecule has 0 bridgehead atoms. The molecule has 1 aliphatic rings. The smallest absolute Gasteiger partial charge is 0.255 e. The molecule has 0 aromatic heterocycles. The zero-order valence-corrected chi connectivity index (χ0v) is 16.8. The SMILES string of the molecule is CCOc1cccc(C(=O)Nc2ccc(C)c(S(=O)(=O)N3CCOCC3)c2)c1. The zero-order chi connectivity index (χ0) is 20.1. The minimum absolute atomic E-state index is 0.190. The number of amides is 1. The molecule has 0 radical (unpaired) electrons. The van der Waals surface area contributed by atoms with Crippen LogP contribution in [0.4, 0.5) is 5.69 Å². The number of benzene rings is 2. The van der Waals surface area contributed by atoms with E-state index in [0.29, 0.717) is 55.5 Å². The van der Waals surface area contributed by atoms with E-state index in [-0.39, 0.29) is 10.8 Å². The van der Waals surface area contributed by atoms with Crippen LogP contribution in [0.15, 0.2) is 47.4 Å². The van der Waals surface area contributed by atoms with Crippen LogP contribution in [-0.2, 0) is 14.8 Å². The monoisotopic (exact) mass is 404 g/mol. The fourth-order valence-corrected chi connectivity index (χ4v) is 4.64. The van der Waals surface area contributed by atoms with Crippen molar-refractivity contribution in [3.8, 4) is 5.75 Å². The maximum Gasteiger partial charge on any atom is 0.255 e. The molecule has 1 saturated heterocycles. The molecular weight excluding hydrogens is 380 g/mol. The van der Waals surface area contributed by atoms with Crippen LogP contribution in [0.1, 0.15) is 22.8 Å². The first-order chi connectivity index (χ1) is 13.4. The van der Waals surface area contributed by atoms with Crippen LogP contribution >= 0.6 is 0 Å². The molecule has 3 rings (SSSR count). The number of ether oxygens (including phenoxy) is 2. The van der Waals surface area contributed by atoms with E-state index >= 15 is 0 Å².